The number of benzene rings is 4. The number of hydrogen-bond donors (Lipinski definition) is 0. The van der Waals surface area contributed by atoms with Gasteiger partial charge in [-0.05, 0) is 60.9 Å². The van der Waals surface area contributed by atoms with Gasteiger partial charge in [0.1, 0.15) is 0 Å². The lowest BCUT2D eigenvalue weighted by atomic mass is 10.2. The average Bonchev–Trinajstić information content (AvgIpc) is 2.77. The van der Waals surface area contributed by atoms with E-state index in [2.05, 4.69) is 123 Å². The molecule has 140 valence electrons. The Morgan fingerprint density at radius 3 is 1.54 bits per heavy atom. The Hall–Kier alpha value is -2.77. The highest BCUT2D eigenvalue weighted by Gasteiger charge is 2.35. The summed E-state index contributed by atoms with van der Waals surface area (Å²) in [5, 5.41) is 0. The SMILES string of the molecule is CCc1ccccc1S(c1ccccc1)(c1ccccc1)c1ccccc1C. The van der Waals surface area contributed by atoms with Gasteiger partial charge in [-0.1, -0.05) is 79.7 Å². The molecule has 0 saturated heterocycles. The Morgan fingerprint density at radius 2 is 1.00 bits per heavy atom. The fourth-order valence-corrected chi connectivity index (χ4v) is 8.38. The minimum Gasteiger partial charge on any atom is -0.132 e. The molecule has 0 nitrogen and oxygen atoms in total. The fourth-order valence-electron chi connectivity index (χ4n) is 4.01. The monoisotopic (exact) mass is 382 g/mol. The van der Waals surface area contributed by atoms with Crippen LogP contribution in [0.3, 0.4) is 0 Å². The van der Waals surface area contributed by atoms with Crippen molar-refractivity contribution in [2.75, 3.05) is 0 Å². The molecule has 0 amide bonds. The van der Waals surface area contributed by atoms with E-state index in [4.69, 9.17) is 0 Å². The van der Waals surface area contributed by atoms with Crippen LogP contribution in [0.25, 0.3) is 0 Å². The molecule has 4 aromatic carbocycles. The first-order valence-electron chi connectivity index (χ1n) is 9.85. The summed E-state index contributed by atoms with van der Waals surface area (Å²) < 4.78 is 0. The van der Waals surface area contributed by atoms with Crippen molar-refractivity contribution in [3.63, 3.8) is 0 Å². The molecule has 0 aromatic heterocycles. The first-order chi connectivity index (χ1) is 13.8. The van der Waals surface area contributed by atoms with Crippen LogP contribution in [0.2, 0.25) is 0 Å². The quantitative estimate of drug-likeness (QED) is 0.329. The molecule has 0 atom stereocenters. The molecule has 28 heavy (non-hydrogen) atoms. The lowest BCUT2D eigenvalue weighted by Crippen LogP contribution is -2.08. The third-order valence-electron chi connectivity index (χ3n) is 5.30. The normalized spacial score (nSPS) is 11.9. The van der Waals surface area contributed by atoms with E-state index in [-0.39, 0.29) is 0 Å². The van der Waals surface area contributed by atoms with Crippen molar-refractivity contribution in [2.45, 2.75) is 39.9 Å². The van der Waals surface area contributed by atoms with Crippen molar-refractivity contribution in [3.05, 3.63) is 120 Å². The third kappa shape index (κ3) is 3.06. The highest BCUT2D eigenvalue weighted by Crippen LogP contribution is 2.74. The summed E-state index contributed by atoms with van der Waals surface area (Å²) in [6.07, 6.45) is 1.02. The molecule has 1 heteroatoms. The fraction of sp³-hybridized carbons (Fsp3) is 0.111. The number of rotatable bonds is 5. The van der Waals surface area contributed by atoms with Gasteiger partial charge >= 0.3 is 0 Å². The molecule has 0 unspecified atom stereocenters. The molecule has 0 bridgehead atoms. The van der Waals surface area contributed by atoms with Gasteiger partial charge in [0.05, 0.1) is 0 Å². The standard InChI is InChI=1S/C27H26S/c1-3-23-15-11-13-21-27(23)28(24-16-6-4-7-17-24,25-18-8-5-9-19-25)26-20-12-10-14-22(26)2/h4-21H,3H2,1-2H3. The molecule has 4 aromatic rings. The predicted molar refractivity (Wildman–Crippen MR) is 121 cm³/mol. The summed E-state index contributed by atoms with van der Waals surface area (Å²) in [5.41, 5.74) is 2.77. The summed E-state index contributed by atoms with van der Waals surface area (Å²) in [6.45, 7) is 4.51. The minimum absolute atomic E-state index is 1.02. The zero-order valence-electron chi connectivity index (χ0n) is 16.5. The van der Waals surface area contributed by atoms with Gasteiger partial charge in [0, 0.05) is 19.6 Å². The molecular weight excluding hydrogens is 356 g/mol. The van der Waals surface area contributed by atoms with Gasteiger partial charge in [0.15, 0.2) is 0 Å². The molecule has 0 N–H and O–H groups in total. The van der Waals surface area contributed by atoms with Crippen LogP contribution in [0, 0.1) is 6.92 Å². The first-order valence-corrected chi connectivity index (χ1v) is 11.5. The highest BCUT2D eigenvalue weighted by molar-refractivity contribution is 8.34. The molecule has 0 radical (unpaired) electrons. The second kappa shape index (κ2) is 8.08. The van der Waals surface area contributed by atoms with Crippen molar-refractivity contribution in [1.29, 1.82) is 0 Å². The Labute approximate surface area is 170 Å². The molecule has 0 fully saturated rings. The highest BCUT2D eigenvalue weighted by atomic mass is 32.3. The molecule has 0 spiro atoms. The largest absolute Gasteiger partial charge is 0.132 e. The molecule has 0 aliphatic rings. The van der Waals surface area contributed by atoms with Crippen molar-refractivity contribution in [3.8, 4) is 0 Å². The van der Waals surface area contributed by atoms with Crippen LogP contribution < -0.4 is 0 Å². The van der Waals surface area contributed by atoms with Crippen molar-refractivity contribution < 1.29 is 0 Å². The summed E-state index contributed by atoms with van der Waals surface area (Å²) >= 11 is 0. The Kier molecular flexibility index (Phi) is 5.36. The van der Waals surface area contributed by atoms with Crippen molar-refractivity contribution >= 4 is 10.0 Å². The zero-order valence-corrected chi connectivity index (χ0v) is 17.3. The van der Waals surface area contributed by atoms with Crippen LogP contribution in [0.4, 0.5) is 0 Å². The molecule has 0 aliphatic heterocycles. The van der Waals surface area contributed by atoms with Gasteiger partial charge in [0.2, 0.25) is 0 Å². The summed E-state index contributed by atoms with van der Waals surface area (Å²) in [7, 11) is -1.58. The van der Waals surface area contributed by atoms with E-state index in [1.54, 1.807) is 0 Å². The van der Waals surface area contributed by atoms with E-state index in [9.17, 15) is 0 Å². The van der Waals surface area contributed by atoms with E-state index in [1.807, 2.05) is 0 Å². The van der Waals surface area contributed by atoms with Crippen LogP contribution in [-0.4, -0.2) is 0 Å². The molecule has 0 saturated carbocycles. The molecule has 0 aliphatic carbocycles. The van der Waals surface area contributed by atoms with E-state index in [1.165, 1.54) is 30.7 Å². The number of aryl methyl sites for hydroxylation is 2. The summed E-state index contributed by atoms with van der Waals surface area (Å²) in [5.74, 6) is 0. The lowest BCUT2D eigenvalue weighted by Gasteiger charge is -2.44. The molecule has 0 heterocycles. The number of hydrogen-bond acceptors (Lipinski definition) is 0. The van der Waals surface area contributed by atoms with E-state index in [0.29, 0.717) is 0 Å². The smallest absolute Gasteiger partial charge is 0.00550 e. The van der Waals surface area contributed by atoms with Gasteiger partial charge in [-0.3, -0.25) is 0 Å². The van der Waals surface area contributed by atoms with Crippen molar-refractivity contribution in [2.24, 2.45) is 0 Å². The van der Waals surface area contributed by atoms with Gasteiger partial charge in [-0.25, -0.2) is 0 Å². The summed E-state index contributed by atoms with van der Waals surface area (Å²) in [4.78, 5) is 5.64. The Morgan fingerprint density at radius 1 is 0.536 bits per heavy atom. The van der Waals surface area contributed by atoms with Crippen LogP contribution >= 0.6 is 10.0 Å². The maximum absolute atomic E-state index is 2.35. The molecule has 4 rings (SSSR count). The maximum atomic E-state index is 2.35. The van der Waals surface area contributed by atoms with E-state index in [0.717, 1.165) is 6.42 Å². The minimum atomic E-state index is -1.58. The second-order valence-electron chi connectivity index (χ2n) is 6.97. The van der Waals surface area contributed by atoms with Gasteiger partial charge in [-0.2, -0.15) is 0 Å². The third-order valence-corrected chi connectivity index (χ3v) is 9.43. The van der Waals surface area contributed by atoms with Crippen molar-refractivity contribution in [1.82, 2.24) is 0 Å². The topological polar surface area (TPSA) is 0 Å². The van der Waals surface area contributed by atoms with Crippen LogP contribution in [0.1, 0.15) is 18.1 Å². The maximum Gasteiger partial charge on any atom is 0.00550 e. The van der Waals surface area contributed by atoms with Crippen LogP contribution in [0.5, 0.6) is 0 Å². The zero-order chi connectivity index (χ0) is 19.4. The second-order valence-corrected chi connectivity index (χ2v) is 10.0. The van der Waals surface area contributed by atoms with Crippen LogP contribution in [-0.2, 0) is 6.42 Å². The Bertz CT molecular complexity index is 1010. The van der Waals surface area contributed by atoms with Crippen LogP contribution in [0.15, 0.2) is 129 Å². The summed E-state index contributed by atoms with van der Waals surface area (Å²) in [6, 6.07) is 40.1. The first kappa shape index (κ1) is 18.6. The Balaban J connectivity index is 2.21. The van der Waals surface area contributed by atoms with Gasteiger partial charge < -0.3 is 0 Å². The average molecular weight is 383 g/mol. The van der Waals surface area contributed by atoms with Gasteiger partial charge in [-0.15, -0.1) is 10.0 Å². The van der Waals surface area contributed by atoms with Gasteiger partial charge in [0.25, 0.3) is 0 Å². The van der Waals surface area contributed by atoms with E-state index >= 15 is 0 Å². The lowest BCUT2D eigenvalue weighted by molar-refractivity contribution is 1.06. The predicted octanol–water partition coefficient (Wildman–Crippen LogP) is 7.90. The molecular formula is C27H26S. The van der Waals surface area contributed by atoms with E-state index < -0.39 is 10.0 Å².